The third-order valence-corrected chi connectivity index (χ3v) is 4.12. The lowest BCUT2D eigenvalue weighted by atomic mass is 10.1. The van der Waals surface area contributed by atoms with Crippen LogP contribution >= 0.6 is 11.3 Å². The Morgan fingerprint density at radius 3 is 2.46 bits per heavy atom. The van der Waals surface area contributed by atoms with Gasteiger partial charge in [-0.25, -0.2) is 4.98 Å². The van der Waals surface area contributed by atoms with E-state index in [9.17, 15) is 9.59 Å². The van der Waals surface area contributed by atoms with Gasteiger partial charge >= 0.3 is 5.97 Å². The van der Waals surface area contributed by atoms with Gasteiger partial charge < -0.3 is 14.2 Å². The summed E-state index contributed by atoms with van der Waals surface area (Å²) in [5.41, 5.74) is 0.399. The van der Waals surface area contributed by atoms with Crippen LogP contribution < -0.4 is 24.3 Å². The van der Waals surface area contributed by atoms with Gasteiger partial charge in [0, 0.05) is 6.92 Å². The molecule has 0 bridgehead atoms. The number of ether oxygens (including phenoxy) is 3. The summed E-state index contributed by atoms with van der Waals surface area (Å²) in [5.74, 6) is 0.343. The molecule has 0 radical (unpaired) electrons. The molecule has 0 fully saturated rings. The van der Waals surface area contributed by atoms with Crippen LogP contribution in [0.2, 0.25) is 0 Å². The van der Waals surface area contributed by atoms with Gasteiger partial charge in [-0.15, -0.1) is 0 Å². The summed E-state index contributed by atoms with van der Waals surface area (Å²) in [6, 6.07) is 3.30. The van der Waals surface area contributed by atoms with Gasteiger partial charge in [0.05, 0.1) is 18.8 Å². The maximum Gasteiger partial charge on any atom is 0.308 e. The first kappa shape index (κ1) is 15.9. The molecule has 2 heterocycles. The average molecular weight is 347 g/mol. The summed E-state index contributed by atoms with van der Waals surface area (Å²) in [4.78, 5) is 28.0. The van der Waals surface area contributed by atoms with Crippen molar-refractivity contribution in [3.8, 4) is 17.2 Å². The van der Waals surface area contributed by atoms with Gasteiger partial charge in [0.1, 0.15) is 6.33 Å². The molecule has 0 aliphatic rings. The first-order valence-electron chi connectivity index (χ1n) is 6.82. The zero-order chi connectivity index (χ0) is 17.3. The van der Waals surface area contributed by atoms with Crippen LogP contribution in [0.3, 0.4) is 0 Å². The smallest absolute Gasteiger partial charge is 0.308 e. The lowest BCUT2D eigenvalue weighted by Crippen LogP contribution is -2.23. The Bertz CT molecular complexity index is 999. The van der Waals surface area contributed by atoms with Crippen molar-refractivity contribution < 1.29 is 19.0 Å². The van der Waals surface area contributed by atoms with Crippen LogP contribution in [0.5, 0.6) is 17.2 Å². The summed E-state index contributed by atoms with van der Waals surface area (Å²) in [6.45, 7) is 1.29. The third-order valence-electron chi connectivity index (χ3n) is 3.15. The van der Waals surface area contributed by atoms with Crippen molar-refractivity contribution >= 4 is 28.3 Å². The lowest BCUT2D eigenvalue weighted by molar-refractivity contribution is -0.132. The first-order chi connectivity index (χ1) is 11.5. The molecule has 3 rings (SSSR count). The number of thiazole rings is 1. The Labute approximate surface area is 139 Å². The largest absolute Gasteiger partial charge is 0.493 e. The predicted octanol–water partition coefficient (Wildman–Crippen LogP) is 0.641. The van der Waals surface area contributed by atoms with Crippen molar-refractivity contribution in [3.05, 3.63) is 38.9 Å². The second kappa shape index (κ2) is 6.28. The summed E-state index contributed by atoms with van der Waals surface area (Å²) in [6.07, 6.45) is 3.00. The Morgan fingerprint density at radius 1 is 1.25 bits per heavy atom. The molecule has 0 amide bonds. The molecule has 0 atom stereocenters. The molecule has 0 spiro atoms. The van der Waals surface area contributed by atoms with Crippen molar-refractivity contribution in [1.29, 1.82) is 0 Å². The van der Waals surface area contributed by atoms with E-state index >= 15 is 0 Å². The number of methoxy groups -OCH3 is 2. The molecule has 0 saturated carbocycles. The second-order valence-electron chi connectivity index (χ2n) is 4.72. The highest BCUT2D eigenvalue weighted by Crippen LogP contribution is 2.38. The van der Waals surface area contributed by atoms with Crippen LogP contribution in [0.15, 0.2) is 23.3 Å². The highest BCUT2D eigenvalue weighted by molar-refractivity contribution is 7.15. The van der Waals surface area contributed by atoms with Crippen molar-refractivity contribution in [2.75, 3.05) is 14.2 Å². The van der Waals surface area contributed by atoms with Crippen LogP contribution in [-0.4, -0.2) is 34.8 Å². The monoisotopic (exact) mass is 347 g/mol. The minimum atomic E-state index is -0.490. The Balaban J connectivity index is 2.16. The molecule has 2 aromatic heterocycles. The number of benzene rings is 1. The summed E-state index contributed by atoms with van der Waals surface area (Å²) >= 11 is 1.22. The van der Waals surface area contributed by atoms with Crippen molar-refractivity contribution in [2.45, 2.75) is 6.92 Å². The van der Waals surface area contributed by atoms with E-state index in [-0.39, 0.29) is 11.3 Å². The maximum atomic E-state index is 12.2. The second-order valence-corrected chi connectivity index (χ2v) is 5.73. The summed E-state index contributed by atoms with van der Waals surface area (Å²) < 4.78 is 17.4. The number of esters is 1. The minimum absolute atomic E-state index is 0.189. The van der Waals surface area contributed by atoms with Crippen LogP contribution in [0.25, 0.3) is 11.0 Å². The van der Waals surface area contributed by atoms with E-state index in [1.807, 2.05) is 0 Å². The van der Waals surface area contributed by atoms with Gasteiger partial charge in [0.2, 0.25) is 10.7 Å². The number of aromatic nitrogens is 3. The molecule has 24 heavy (non-hydrogen) atoms. The average Bonchev–Trinajstić information content (AvgIpc) is 3.12. The molecule has 8 nitrogen and oxygen atoms in total. The van der Waals surface area contributed by atoms with E-state index in [0.717, 1.165) is 0 Å². The van der Waals surface area contributed by atoms with E-state index in [4.69, 9.17) is 14.2 Å². The molecule has 9 heteroatoms. The van der Waals surface area contributed by atoms with Gasteiger partial charge in [0.25, 0.3) is 5.56 Å². The molecule has 0 saturated heterocycles. The fourth-order valence-electron chi connectivity index (χ4n) is 2.16. The molecule has 1 aromatic carbocycles. The Kier molecular flexibility index (Phi) is 4.17. The molecule has 0 N–H and O–H groups in total. The zero-order valence-electron chi connectivity index (χ0n) is 13.1. The molecule has 0 aliphatic carbocycles. The number of hydrogen-bond acceptors (Lipinski definition) is 8. The van der Waals surface area contributed by atoms with Gasteiger partial charge in [0.15, 0.2) is 11.5 Å². The molecule has 124 valence electrons. The normalized spacial score (nSPS) is 11.7. The first-order valence-corrected chi connectivity index (χ1v) is 7.64. The topological polar surface area (TPSA) is 92.0 Å². The minimum Gasteiger partial charge on any atom is -0.493 e. The predicted molar refractivity (Wildman–Crippen MR) is 86.8 cm³/mol. The zero-order valence-corrected chi connectivity index (χ0v) is 13.9. The van der Waals surface area contributed by atoms with Crippen LogP contribution in [0.4, 0.5) is 0 Å². The lowest BCUT2D eigenvalue weighted by Gasteiger charge is -2.13. The van der Waals surface area contributed by atoms with Gasteiger partial charge in [-0.2, -0.15) is 9.61 Å². The van der Waals surface area contributed by atoms with E-state index < -0.39 is 5.97 Å². The van der Waals surface area contributed by atoms with Crippen LogP contribution in [-0.2, 0) is 4.79 Å². The highest BCUT2D eigenvalue weighted by atomic mass is 32.1. The number of nitrogens with zero attached hydrogens (tertiary/aromatic N) is 3. The molecule has 3 aromatic rings. The van der Waals surface area contributed by atoms with E-state index in [0.29, 0.717) is 26.6 Å². The number of rotatable bonds is 4. The summed E-state index contributed by atoms with van der Waals surface area (Å²) in [5, 5.41) is 3.87. The number of carbonyl (C=O) groups excluding carboxylic acids is 1. The SMILES string of the molecule is COc1cc(C=c2sc3ncnn3c2=O)cc(OC)c1OC(C)=O. The van der Waals surface area contributed by atoms with E-state index in [1.165, 1.54) is 43.3 Å². The number of fused-ring (bicyclic) bond motifs is 1. The van der Waals surface area contributed by atoms with Crippen molar-refractivity contribution in [1.82, 2.24) is 14.6 Å². The van der Waals surface area contributed by atoms with Crippen LogP contribution in [0, 0.1) is 0 Å². The van der Waals surface area contributed by atoms with Crippen molar-refractivity contribution in [2.24, 2.45) is 0 Å². The highest BCUT2D eigenvalue weighted by Gasteiger charge is 2.16. The maximum absolute atomic E-state index is 12.2. The molecular formula is C15H13N3O5S. The van der Waals surface area contributed by atoms with E-state index in [2.05, 4.69) is 10.1 Å². The fraction of sp³-hybridized carbons (Fsp3) is 0.200. The quantitative estimate of drug-likeness (QED) is 0.505. The van der Waals surface area contributed by atoms with Crippen molar-refractivity contribution in [3.63, 3.8) is 0 Å². The van der Waals surface area contributed by atoms with Gasteiger partial charge in [-0.05, 0) is 23.8 Å². The molecule has 0 unspecified atom stereocenters. The molecular weight excluding hydrogens is 334 g/mol. The molecule has 0 aliphatic heterocycles. The van der Waals surface area contributed by atoms with E-state index in [1.54, 1.807) is 18.2 Å². The Morgan fingerprint density at radius 2 is 1.92 bits per heavy atom. The Hall–Kier alpha value is -2.94. The van der Waals surface area contributed by atoms with Gasteiger partial charge in [-0.1, -0.05) is 11.3 Å². The standard InChI is InChI=1S/C15H13N3O5S/c1-8(19)23-13-10(21-2)4-9(5-11(13)22-3)6-12-14(20)18-15(24-12)16-7-17-18/h4-7H,1-3H3. The number of hydrogen-bond donors (Lipinski definition) is 0. The third kappa shape index (κ3) is 2.81. The fourth-order valence-corrected chi connectivity index (χ4v) is 3.04. The van der Waals surface area contributed by atoms with Crippen LogP contribution in [0.1, 0.15) is 12.5 Å². The summed E-state index contributed by atoms with van der Waals surface area (Å²) in [7, 11) is 2.90. The number of carbonyl (C=O) groups is 1. The van der Waals surface area contributed by atoms with Gasteiger partial charge in [-0.3, -0.25) is 9.59 Å².